The number of nitrogens with one attached hydrogen (secondary N) is 1. The third-order valence-corrected chi connectivity index (χ3v) is 4.82. The summed E-state index contributed by atoms with van der Waals surface area (Å²) in [5.41, 5.74) is 2.76. The van der Waals surface area contributed by atoms with Gasteiger partial charge in [-0.2, -0.15) is 0 Å². The predicted molar refractivity (Wildman–Crippen MR) is 82.9 cm³/mol. The Morgan fingerprint density at radius 3 is 2.95 bits per heavy atom. The topological polar surface area (TPSA) is 63.6 Å². The molecule has 112 valence electrons. The lowest BCUT2D eigenvalue weighted by Crippen LogP contribution is -2.06. The molecule has 3 heterocycles. The van der Waals surface area contributed by atoms with E-state index in [1.165, 1.54) is 31.0 Å². The molecule has 0 saturated carbocycles. The molecule has 3 rings (SSSR count). The van der Waals surface area contributed by atoms with E-state index in [9.17, 15) is 4.79 Å². The van der Waals surface area contributed by atoms with Crippen molar-refractivity contribution in [1.29, 1.82) is 0 Å². The quantitative estimate of drug-likeness (QED) is 0.697. The Kier molecular flexibility index (Phi) is 4.14. The molecule has 21 heavy (non-hydrogen) atoms. The van der Waals surface area contributed by atoms with E-state index in [2.05, 4.69) is 19.7 Å². The van der Waals surface area contributed by atoms with Gasteiger partial charge in [0.1, 0.15) is 5.82 Å². The number of hydrogen-bond acceptors (Lipinski definition) is 4. The highest BCUT2D eigenvalue weighted by Gasteiger charge is 2.17. The number of fused-ring (bicyclic) bond motifs is 1. The maximum atomic E-state index is 12.3. The van der Waals surface area contributed by atoms with Crippen molar-refractivity contribution in [1.82, 2.24) is 19.7 Å². The van der Waals surface area contributed by atoms with Gasteiger partial charge in [0.25, 0.3) is 0 Å². The van der Waals surface area contributed by atoms with Gasteiger partial charge in [0, 0.05) is 29.9 Å². The average Bonchev–Trinajstić information content (AvgIpc) is 2.90. The fourth-order valence-corrected chi connectivity index (χ4v) is 3.65. The van der Waals surface area contributed by atoms with Crippen molar-refractivity contribution in [2.45, 2.75) is 51.2 Å². The molecule has 2 aromatic heterocycles. The number of ketones is 1. The highest BCUT2D eigenvalue weighted by atomic mass is 32.2. The highest BCUT2D eigenvalue weighted by molar-refractivity contribution is 7.99. The smallest absolute Gasteiger partial charge is 0.191 e. The Hall–Kier alpha value is -1.56. The van der Waals surface area contributed by atoms with E-state index in [1.807, 2.05) is 19.9 Å². The fourth-order valence-electron chi connectivity index (χ4n) is 2.79. The molecule has 1 aliphatic heterocycles. The maximum absolute atomic E-state index is 12.3. The van der Waals surface area contributed by atoms with Gasteiger partial charge < -0.3 is 9.55 Å². The average molecular weight is 304 g/mol. The molecule has 2 aromatic rings. The van der Waals surface area contributed by atoms with E-state index in [1.54, 1.807) is 0 Å². The second-order valence-electron chi connectivity index (χ2n) is 5.56. The van der Waals surface area contributed by atoms with Gasteiger partial charge in [0.05, 0.1) is 5.75 Å². The Labute approximate surface area is 128 Å². The van der Waals surface area contributed by atoms with Gasteiger partial charge >= 0.3 is 0 Å². The van der Waals surface area contributed by atoms with Gasteiger partial charge in [0.2, 0.25) is 0 Å². The number of rotatable bonds is 4. The van der Waals surface area contributed by atoms with Crippen LogP contribution < -0.4 is 0 Å². The van der Waals surface area contributed by atoms with Gasteiger partial charge in [-0.3, -0.25) is 4.79 Å². The molecule has 5 nitrogen and oxygen atoms in total. The highest BCUT2D eigenvalue weighted by Crippen LogP contribution is 2.23. The lowest BCUT2D eigenvalue weighted by atomic mass is 10.2. The Bertz CT molecular complexity index is 659. The molecule has 0 aromatic carbocycles. The first kappa shape index (κ1) is 14.4. The predicted octanol–water partition coefficient (Wildman–Crippen LogP) is 2.92. The van der Waals surface area contributed by atoms with Gasteiger partial charge in [0.15, 0.2) is 10.9 Å². The van der Waals surface area contributed by atoms with Crippen LogP contribution in [-0.2, 0) is 13.0 Å². The molecular weight excluding hydrogens is 284 g/mol. The van der Waals surface area contributed by atoms with Crippen LogP contribution in [0.5, 0.6) is 0 Å². The minimum atomic E-state index is 0.146. The lowest BCUT2D eigenvalue weighted by molar-refractivity contribution is 0.102. The van der Waals surface area contributed by atoms with Crippen molar-refractivity contribution in [2.24, 2.45) is 0 Å². The normalized spacial score (nSPS) is 14.8. The van der Waals surface area contributed by atoms with Crippen LogP contribution in [0.4, 0.5) is 0 Å². The van der Waals surface area contributed by atoms with Gasteiger partial charge in [-0.05, 0) is 32.8 Å². The number of carbonyl (C=O) groups excluding carboxylic acids is 1. The van der Waals surface area contributed by atoms with Crippen molar-refractivity contribution in [3.63, 3.8) is 0 Å². The summed E-state index contributed by atoms with van der Waals surface area (Å²) in [6.45, 7) is 4.88. The van der Waals surface area contributed by atoms with E-state index >= 15 is 0 Å². The summed E-state index contributed by atoms with van der Waals surface area (Å²) < 4.78 is 2.18. The van der Waals surface area contributed by atoms with Crippen molar-refractivity contribution in [3.05, 3.63) is 28.8 Å². The summed E-state index contributed by atoms with van der Waals surface area (Å²) in [5, 5.41) is 9.39. The van der Waals surface area contributed by atoms with Crippen LogP contribution in [0.1, 0.15) is 46.8 Å². The van der Waals surface area contributed by atoms with E-state index < -0.39 is 0 Å². The Morgan fingerprint density at radius 2 is 2.19 bits per heavy atom. The zero-order valence-electron chi connectivity index (χ0n) is 12.5. The number of Topliss-reactive ketones (excluding diaryl/α,β-unsaturated/α-hetero) is 1. The zero-order chi connectivity index (χ0) is 14.8. The molecule has 0 unspecified atom stereocenters. The van der Waals surface area contributed by atoms with Crippen molar-refractivity contribution >= 4 is 17.5 Å². The standard InChI is InChI=1S/C15H20N4OS/c1-10-8-12(11(2)16-10)13(20)9-21-15-18-17-14-6-4-3-5-7-19(14)15/h8,16H,3-7,9H2,1-2H3. The summed E-state index contributed by atoms with van der Waals surface area (Å²) in [4.78, 5) is 15.5. The molecule has 6 heteroatoms. The number of aryl methyl sites for hydroxylation is 3. The van der Waals surface area contributed by atoms with Crippen LogP contribution in [-0.4, -0.2) is 31.3 Å². The van der Waals surface area contributed by atoms with Crippen molar-refractivity contribution in [2.75, 3.05) is 5.75 Å². The van der Waals surface area contributed by atoms with Gasteiger partial charge in [-0.1, -0.05) is 18.2 Å². The summed E-state index contributed by atoms with van der Waals surface area (Å²) >= 11 is 1.50. The summed E-state index contributed by atoms with van der Waals surface area (Å²) in [7, 11) is 0. The molecule has 1 N–H and O–H groups in total. The van der Waals surface area contributed by atoms with Crippen molar-refractivity contribution < 1.29 is 4.79 Å². The fraction of sp³-hybridized carbons (Fsp3) is 0.533. The van der Waals surface area contributed by atoms with E-state index in [4.69, 9.17) is 0 Å². The Morgan fingerprint density at radius 1 is 1.33 bits per heavy atom. The largest absolute Gasteiger partial charge is 0.362 e. The van der Waals surface area contributed by atoms with E-state index in [0.29, 0.717) is 5.75 Å². The molecular formula is C15H20N4OS. The minimum absolute atomic E-state index is 0.146. The van der Waals surface area contributed by atoms with Crippen LogP contribution in [0, 0.1) is 13.8 Å². The van der Waals surface area contributed by atoms with Gasteiger partial charge in [-0.15, -0.1) is 10.2 Å². The SMILES string of the molecule is Cc1cc(C(=O)CSc2nnc3n2CCCCC3)c(C)[nH]1. The summed E-state index contributed by atoms with van der Waals surface area (Å²) in [6.07, 6.45) is 4.60. The number of H-pyrrole nitrogens is 1. The number of carbonyl (C=O) groups is 1. The number of aromatic amines is 1. The second-order valence-corrected chi connectivity index (χ2v) is 6.51. The first-order chi connectivity index (χ1) is 10.1. The van der Waals surface area contributed by atoms with Crippen LogP contribution >= 0.6 is 11.8 Å². The molecule has 0 radical (unpaired) electrons. The molecule has 0 fully saturated rings. The second kappa shape index (κ2) is 6.05. The zero-order valence-corrected chi connectivity index (χ0v) is 13.3. The first-order valence-electron chi connectivity index (χ1n) is 7.39. The number of aromatic nitrogens is 4. The third-order valence-electron chi connectivity index (χ3n) is 3.86. The third kappa shape index (κ3) is 3.05. The van der Waals surface area contributed by atoms with Crippen LogP contribution in [0.3, 0.4) is 0 Å². The molecule has 0 amide bonds. The molecule has 1 aliphatic rings. The summed E-state index contributed by atoms with van der Waals surface area (Å²) in [5.74, 6) is 1.62. The first-order valence-corrected chi connectivity index (χ1v) is 8.38. The molecule has 0 saturated heterocycles. The number of thioether (sulfide) groups is 1. The molecule has 0 atom stereocenters. The van der Waals surface area contributed by atoms with Crippen LogP contribution in [0.25, 0.3) is 0 Å². The van der Waals surface area contributed by atoms with E-state index in [0.717, 1.165) is 40.9 Å². The van der Waals surface area contributed by atoms with Crippen molar-refractivity contribution in [3.8, 4) is 0 Å². The lowest BCUT2D eigenvalue weighted by Gasteiger charge is -2.05. The molecule has 0 aliphatic carbocycles. The monoisotopic (exact) mass is 304 g/mol. The van der Waals surface area contributed by atoms with Crippen LogP contribution in [0.15, 0.2) is 11.2 Å². The molecule has 0 bridgehead atoms. The Balaban J connectivity index is 1.69. The molecule has 0 spiro atoms. The minimum Gasteiger partial charge on any atom is -0.362 e. The van der Waals surface area contributed by atoms with E-state index in [-0.39, 0.29) is 5.78 Å². The maximum Gasteiger partial charge on any atom is 0.191 e. The number of nitrogens with zero attached hydrogens (tertiary/aromatic N) is 3. The van der Waals surface area contributed by atoms with Gasteiger partial charge in [-0.25, -0.2) is 0 Å². The number of hydrogen-bond donors (Lipinski definition) is 1. The van der Waals surface area contributed by atoms with Crippen LogP contribution in [0.2, 0.25) is 0 Å². The summed E-state index contributed by atoms with van der Waals surface area (Å²) in [6, 6.07) is 1.92.